The number of amides is 2. The lowest BCUT2D eigenvalue weighted by Gasteiger charge is -2.12. The molecule has 2 aliphatic heterocycles. The maximum absolute atomic E-state index is 12.3. The van der Waals surface area contributed by atoms with Crippen LogP contribution in [-0.2, 0) is 14.4 Å². The Hall–Kier alpha value is -1.70. The minimum atomic E-state index is -0.356. The Morgan fingerprint density at radius 1 is 1.32 bits per heavy atom. The molecular weight excluding hydrogens is 284 g/mol. The van der Waals surface area contributed by atoms with Crippen LogP contribution in [0, 0.1) is 0 Å². The number of thioether (sulfide) groups is 1. The van der Waals surface area contributed by atoms with E-state index in [1.54, 1.807) is 18.2 Å². The third-order valence-electron chi connectivity index (χ3n) is 2.82. The number of hydrogen-bond donors (Lipinski definition) is 1. The Kier molecular flexibility index (Phi) is 2.89. The number of anilines is 1. The van der Waals surface area contributed by atoms with Crippen LogP contribution in [0.4, 0.5) is 5.69 Å². The Labute approximate surface area is 118 Å². The van der Waals surface area contributed by atoms with Crippen LogP contribution in [0.2, 0.25) is 0 Å². The van der Waals surface area contributed by atoms with Crippen molar-refractivity contribution in [2.24, 2.45) is 0 Å². The van der Waals surface area contributed by atoms with Crippen LogP contribution in [0.1, 0.15) is 5.56 Å². The van der Waals surface area contributed by atoms with Crippen molar-refractivity contribution in [1.82, 2.24) is 5.32 Å². The third kappa shape index (κ3) is 1.78. The van der Waals surface area contributed by atoms with Gasteiger partial charge in [-0.25, -0.2) is 0 Å². The molecule has 2 aliphatic rings. The summed E-state index contributed by atoms with van der Waals surface area (Å²) in [6.45, 7) is 0. The Morgan fingerprint density at radius 3 is 2.68 bits per heavy atom. The number of hydrogen-bond acceptors (Lipinski definition) is 5. The first-order chi connectivity index (χ1) is 9.13. The fourth-order valence-electron chi connectivity index (χ4n) is 2.07. The second-order valence-corrected chi connectivity index (χ2v) is 5.53. The van der Waals surface area contributed by atoms with Crippen molar-refractivity contribution in [3.63, 3.8) is 0 Å². The van der Waals surface area contributed by atoms with Gasteiger partial charge in [0.2, 0.25) is 0 Å². The van der Waals surface area contributed by atoms with Gasteiger partial charge in [0.1, 0.15) is 4.32 Å². The minimum Gasteiger partial charge on any atom is -0.307 e. The zero-order valence-electron chi connectivity index (χ0n) is 9.80. The highest BCUT2D eigenvalue weighted by Gasteiger charge is 2.39. The number of thiocarbonyl (C=S) groups is 1. The first kappa shape index (κ1) is 12.3. The van der Waals surface area contributed by atoms with Gasteiger partial charge in [-0.3, -0.25) is 14.4 Å². The van der Waals surface area contributed by atoms with E-state index in [1.807, 2.05) is 6.07 Å². The molecule has 1 aromatic carbocycles. The van der Waals surface area contributed by atoms with Crippen molar-refractivity contribution < 1.29 is 14.4 Å². The molecule has 0 spiro atoms. The number of carbonyl (C=O) groups excluding carboxylic acids is 2. The molecule has 0 bridgehead atoms. The van der Waals surface area contributed by atoms with Gasteiger partial charge < -0.3 is 5.32 Å². The van der Waals surface area contributed by atoms with E-state index >= 15 is 0 Å². The Morgan fingerprint density at radius 2 is 2.05 bits per heavy atom. The predicted molar refractivity (Wildman–Crippen MR) is 76.2 cm³/mol. The van der Waals surface area contributed by atoms with E-state index in [4.69, 9.17) is 17.1 Å². The summed E-state index contributed by atoms with van der Waals surface area (Å²) in [6, 6.07) is 7.16. The molecule has 2 amide bonds. The van der Waals surface area contributed by atoms with E-state index in [0.29, 0.717) is 26.0 Å². The van der Waals surface area contributed by atoms with Gasteiger partial charge in [-0.05, 0) is 6.07 Å². The van der Waals surface area contributed by atoms with Gasteiger partial charge >= 0.3 is 0 Å². The van der Waals surface area contributed by atoms with Crippen LogP contribution >= 0.6 is 24.0 Å². The monoisotopic (exact) mass is 292 g/mol. The van der Waals surface area contributed by atoms with E-state index in [2.05, 4.69) is 5.32 Å². The molecule has 0 unspecified atom stereocenters. The molecule has 0 aliphatic carbocycles. The fraction of sp³-hybridized carbons (Fsp3) is 0.0833. The number of fused-ring (bicyclic) bond motifs is 1. The van der Waals surface area contributed by atoms with Crippen molar-refractivity contribution in [2.75, 3.05) is 12.2 Å². The summed E-state index contributed by atoms with van der Waals surface area (Å²) in [7, 11) is 1.41. The molecule has 19 heavy (non-hydrogen) atoms. The van der Waals surface area contributed by atoms with Crippen LogP contribution in [-0.4, -0.2) is 23.2 Å². The fourth-order valence-corrected chi connectivity index (χ4v) is 3.18. The van der Waals surface area contributed by atoms with Crippen LogP contribution in [0.5, 0.6) is 0 Å². The summed E-state index contributed by atoms with van der Waals surface area (Å²) in [5, 5.41) is 3.69. The molecule has 5 nitrogen and oxygen atoms in total. The van der Waals surface area contributed by atoms with Crippen LogP contribution in [0.15, 0.2) is 29.2 Å². The molecule has 0 radical (unpaired) electrons. The predicted octanol–water partition coefficient (Wildman–Crippen LogP) is 1.45. The zero-order chi connectivity index (χ0) is 13.6. The molecule has 7 heteroatoms. The molecule has 1 N–H and O–H groups in total. The summed E-state index contributed by atoms with van der Waals surface area (Å²) in [5.41, 5.74) is 1.64. The van der Waals surface area contributed by atoms with Crippen molar-refractivity contribution in [1.29, 1.82) is 0 Å². The zero-order valence-corrected chi connectivity index (χ0v) is 11.4. The minimum absolute atomic E-state index is 0.321. The number of para-hydroxylation sites is 1. The van der Waals surface area contributed by atoms with Crippen molar-refractivity contribution >= 4 is 51.4 Å². The first-order valence-corrected chi connectivity index (χ1v) is 6.61. The van der Waals surface area contributed by atoms with Crippen molar-refractivity contribution in [3.8, 4) is 0 Å². The summed E-state index contributed by atoms with van der Waals surface area (Å²) >= 11 is 6.04. The molecule has 1 aromatic rings. The average molecular weight is 292 g/mol. The van der Waals surface area contributed by atoms with Crippen molar-refractivity contribution in [2.45, 2.75) is 0 Å². The number of nitrogens with one attached hydrogen (secondary N) is 1. The topological polar surface area (TPSA) is 58.6 Å². The molecule has 0 saturated carbocycles. The Balaban J connectivity index is 2.23. The Bertz CT molecular complexity index is 654. The third-order valence-corrected chi connectivity index (χ3v) is 4.05. The lowest BCUT2D eigenvalue weighted by molar-refractivity contribution is -0.119. The summed E-state index contributed by atoms with van der Waals surface area (Å²) in [5.74, 6) is -0.697. The molecule has 0 atom stereocenters. The molecular formula is C12H8N2O3S2. The highest BCUT2D eigenvalue weighted by molar-refractivity contribution is 8.27. The average Bonchev–Trinajstić information content (AvgIpc) is 2.85. The number of rotatable bonds is 1. The van der Waals surface area contributed by atoms with Gasteiger partial charge in [0.05, 0.1) is 23.3 Å². The van der Waals surface area contributed by atoms with E-state index in [0.717, 1.165) is 11.8 Å². The van der Waals surface area contributed by atoms with Crippen LogP contribution < -0.4 is 10.4 Å². The molecule has 3 rings (SSSR count). The second kappa shape index (κ2) is 4.44. The smallest absolute Gasteiger partial charge is 0.284 e. The molecule has 1 fully saturated rings. The first-order valence-electron chi connectivity index (χ1n) is 5.39. The second-order valence-electron chi connectivity index (χ2n) is 3.85. The normalized spacial score (nSPS) is 21.9. The quantitative estimate of drug-likeness (QED) is 0.627. The summed E-state index contributed by atoms with van der Waals surface area (Å²) in [6.07, 6.45) is 0. The summed E-state index contributed by atoms with van der Waals surface area (Å²) < 4.78 is 0.355. The SMILES string of the molecule is CON1C(=O)C(=C2SC(=S)NC2=O)c2ccccc21. The van der Waals surface area contributed by atoms with Gasteiger partial charge in [-0.2, -0.15) is 5.06 Å². The van der Waals surface area contributed by atoms with E-state index in [1.165, 1.54) is 12.2 Å². The van der Waals surface area contributed by atoms with E-state index < -0.39 is 0 Å². The molecule has 1 saturated heterocycles. The largest absolute Gasteiger partial charge is 0.307 e. The van der Waals surface area contributed by atoms with E-state index in [-0.39, 0.29) is 11.8 Å². The van der Waals surface area contributed by atoms with Gasteiger partial charge in [0.15, 0.2) is 0 Å². The summed E-state index contributed by atoms with van der Waals surface area (Å²) in [4.78, 5) is 29.6. The van der Waals surface area contributed by atoms with Gasteiger partial charge in [0, 0.05) is 5.56 Å². The number of hydroxylamine groups is 1. The molecule has 96 valence electrons. The van der Waals surface area contributed by atoms with Crippen LogP contribution in [0.3, 0.4) is 0 Å². The van der Waals surface area contributed by atoms with E-state index in [9.17, 15) is 9.59 Å². The highest BCUT2D eigenvalue weighted by Crippen LogP contribution is 2.42. The number of benzene rings is 1. The lowest BCUT2D eigenvalue weighted by atomic mass is 10.1. The van der Waals surface area contributed by atoms with Gasteiger partial charge in [-0.15, -0.1) is 0 Å². The maximum atomic E-state index is 12.3. The van der Waals surface area contributed by atoms with Crippen molar-refractivity contribution in [3.05, 3.63) is 34.7 Å². The number of carbonyl (C=O) groups is 2. The number of nitrogens with zero attached hydrogens (tertiary/aromatic N) is 1. The molecule has 0 aromatic heterocycles. The highest BCUT2D eigenvalue weighted by atomic mass is 32.2. The standard InChI is InChI=1S/C12H8N2O3S2/c1-17-14-7-5-3-2-4-6(7)8(11(14)16)9-10(15)13-12(18)19-9/h2-5H,1H3,(H,13,15,18). The van der Waals surface area contributed by atoms with Gasteiger partial charge in [-0.1, -0.05) is 42.2 Å². The van der Waals surface area contributed by atoms with Crippen LogP contribution in [0.25, 0.3) is 5.57 Å². The molecule has 2 heterocycles. The van der Waals surface area contributed by atoms with Gasteiger partial charge in [0.25, 0.3) is 11.8 Å². The lowest BCUT2D eigenvalue weighted by Crippen LogP contribution is -2.25. The maximum Gasteiger partial charge on any atom is 0.284 e.